The van der Waals surface area contributed by atoms with Crippen LogP contribution in [0.5, 0.6) is 5.75 Å². The van der Waals surface area contributed by atoms with E-state index in [0.717, 1.165) is 19.4 Å². The number of halogens is 2. The first kappa shape index (κ1) is 20.6. The SMILES string of the molecule is COCCNCC(=O)Nc1cc(F)ccc1OCC1CCCO1.Cl. The van der Waals surface area contributed by atoms with E-state index in [9.17, 15) is 9.18 Å². The van der Waals surface area contributed by atoms with Crippen molar-refractivity contribution >= 4 is 24.0 Å². The van der Waals surface area contributed by atoms with Gasteiger partial charge in [-0.3, -0.25) is 4.79 Å². The number of carbonyl (C=O) groups excluding carboxylic acids is 1. The molecule has 24 heavy (non-hydrogen) atoms. The molecule has 1 aliphatic heterocycles. The van der Waals surface area contributed by atoms with E-state index in [2.05, 4.69) is 10.6 Å². The summed E-state index contributed by atoms with van der Waals surface area (Å²) < 4.78 is 29.5. The van der Waals surface area contributed by atoms with Gasteiger partial charge in [-0.15, -0.1) is 12.4 Å². The van der Waals surface area contributed by atoms with Crippen LogP contribution in [0.3, 0.4) is 0 Å². The van der Waals surface area contributed by atoms with Gasteiger partial charge in [-0.1, -0.05) is 0 Å². The molecule has 2 rings (SSSR count). The van der Waals surface area contributed by atoms with Crippen LogP contribution >= 0.6 is 12.4 Å². The molecule has 136 valence electrons. The number of carbonyl (C=O) groups is 1. The van der Waals surface area contributed by atoms with Crippen molar-refractivity contribution < 1.29 is 23.4 Å². The standard InChI is InChI=1S/C16H23FN2O4.ClH/c1-21-8-6-18-10-16(20)19-14-9-12(17)4-5-15(14)23-11-13-3-2-7-22-13;/h4-5,9,13,18H,2-3,6-8,10-11H2,1H3,(H,19,20);1H. The van der Waals surface area contributed by atoms with Crippen LogP contribution in [-0.2, 0) is 14.3 Å². The summed E-state index contributed by atoms with van der Waals surface area (Å²) in [6, 6.07) is 4.06. The van der Waals surface area contributed by atoms with Gasteiger partial charge in [0.15, 0.2) is 0 Å². The fourth-order valence-corrected chi connectivity index (χ4v) is 2.25. The minimum Gasteiger partial charge on any atom is -0.489 e. The van der Waals surface area contributed by atoms with Crippen molar-refractivity contribution in [1.82, 2.24) is 5.32 Å². The number of nitrogens with one attached hydrogen (secondary N) is 2. The predicted molar refractivity (Wildman–Crippen MR) is 91.5 cm³/mol. The highest BCUT2D eigenvalue weighted by atomic mass is 35.5. The van der Waals surface area contributed by atoms with E-state index in [-0.39, 0.29) is 31.0 Å². The van der Waals surface area contributed by atoms with Gasteiger partial charge < -0.3 is 24.8 Å². The zero-order chi connectivity index (χ0) is 16.5. The van der Waals surface area contributed by atoms with Crippen LogP contribution in [-0.4, -0.2) is 52.0 Å². The first-order valence-electron chi connectivity index (χ1n) is 7.72. The topological polar surface area (TPSA) is 68.8 Å². The predicted octanol–water partition coefficient (Wildman–Crippen LogP) is 1.98. The van der Waals surface area contributed by atoms with Crippen molar-refractivity contribution in [3.63, 3.8) is 0 Å². The second-order valence-corrected chi connectivity index (χ2v) is 5.30. The Morgan fingerprint density at radius 3 is 3.00 bits per heavy atom. The Labute approximate surface area is 147 Å². The Morgan fingerprint density at radius 1 is 1.46 bits per heavy atom. The quantitative estimate of drug-likeness (QED) is 0.657. The molecule has 0 saturated carbocycles. The van der Waals surface area contributed by atoms with E-state index in [1.54, 1.807) is 7.11 Å². The van der Waals surface area contributed by atoms with Gasteiger partial charge in [0.05, 0.1) is 24.9 Å². The first-order valence-corrected chi connectivity index (χ1v) is 7.72. The highest BCUT2D eigenvalue weighted by Crippen LogP contribution is 2.26. The van der Waals surface area contributed by atoms with Crippen molar-refractivity contribution in [3.05, 3.63) is 24.0 Å². The van der Waals surface area contributed by atoms with Gasteiger partial charge in [-0.05, 0) is 25.0 Å². The van der Waals surface area contributed by atoms with Crippen molar-refractivity contribution in [3.8, 4) is 5.75 Å². The molecule has 1 unspecified atom stereocenters. The fourth-order valence-electron chi connectivity index (χ4n) is 2.25. The van der Waals surface area contributed by atoms with Crippen molar-refractivity contribution in [2.75, 3.05) is 45.3 Å². The molecule has 8 heteroatoms. The van der Waals surface area contributed by atoms with Crippen LogP contribution in [0.4, 0.5) is 10.1 Å². The molecule has 1 saturated heterocycles. The monoisotopic (exact) mass is 362 g/mol. The molecule has 2 N–H and O–H groups in total. The van der Waals surface area contributed by atoms with Crippen molar-refractivity contribution in [2.45, 2.75) is 18.9 Å². The molecule has 1 aliphatic rings. The number of benzene rings is 1. The minimum atomic E-state index is -0.433. The second-order valence-electron chi connectivity index (χ2n) is 5.30. The number of amides is 1. The Bertz CT molecular complexity index is 513. The molecule has 1 heterocycles. The van der Waals surface area contributed by atoms with Crippen LogP contribution < -0.4 is 15.4 Å². The highest BCUT2D eigenvalue weighted by Gasteiger charge is 2.17. The summed E-state index contributed by atoms with van der Waals surface area (Å²) in [5, 5.41) is 5.58. The van der Waals surface area contributed by atoms with Crippen LogP contribution in [0.1, 0.15) is 12.8 Å². The van der Waals surface area contributed by atoms with Crippen LogP contribution in [0.2, 0.25) is 0 Å². The van der Waals surface area contributed by atoms with Gasteiger partial charge in [0, 0.05) is 26.3 Å². The van der Waals surface area contributed by atoms with Crippen LogP contribution in [0.25, 0.3) is 0 Å². The molecule has 1 aromatic rings. The second kappa shape index (κ2) is 11.2. The van der Waals surface area contributed by atoms with E-state index in [1.807, 2.05) is 0 Å². The van der Waals surface area contributed by atoms with Gasteiger partial charge in [0.1, 0.15) is 18.2 Å². The van der Waals surface area contributed by atoms with Gasteiger partial charge in [0.25, 0.3) is 0 Å². The lowest BCUT2D eigenvalue weighted by molar-refractivity contribution is -0.115. The molecular weight excluding hydrogens is 339 g/mol. The van der Waals surface area contributed by atoms with E-state index >= 15 is 0 Å². The molecule has 6 nitrogen and oxygen atoms in total. The number of hydrogen-bond acceptors (Lipinski definition) is 5. The highest BCUT2D eigenvalue weighted by molar-refractivity contribution is 5.93. The number of hydrogen-bond donors (Lipinski definition) is 2. The van der Waals surface area contributed by atoms with Gasteiger partial charge in [-0.25, -0.2) is 4.39 Å². The lowest BCUT2D eigenvalue weighted by Gasteiger charge is -2.15. The van der Waals surface area contributed by atoms with E-state index in [0.29, 0.717) is 31.2 Å². The summed E-state index contributed by atoms with van der Waals surface area (Å²) in [6.07, 6.45) is 2.03. The molecule has 1 atom stereocenters. The third kappa shape index (κ3) is 7.00. The van der Waals surface area contributed by atoms with Crippen LogP contribution in [0.15, 0.2) is 18.2 Å². The smallest absolute Gasteiger partial charge is 0.238 e. The van der Waals surface area contributed by atoms with Crippen molar-refractivity contribution in [2.24, 2.45) is 0 Å². The normalized spacial score (nSPS) is 16.5. The molecular formula is C16H24ClFN2O4. The molecule has 1 aromatic carbocycles. The Balaban J connectivity index is 0.00000288. The summed E-state index contributed by atoms with van der Waals surface area (Å²) in [5.41, 5.74) is 0.321. The number of methoxy groups -OCH3 is 1. The summed E-state index contributed by atoms with van der Waals surface area (Å²) in [7, 11) is 1.59. The zero-order valence-electron chi connectivity index (χ0n) is 13.7. The van der Waals surface area contributed by atoms with Gasteiger partial charge in [0.2, 0.25) is 5.91 Å². The van der Waals surface area contributed by atoms with E-state index in [1.165, 1.54) is 18.2 Å². The fraction of sp³-hybridized carbons (Fsp3) is 0.562. The third-order valence-corrected chi connectivity index (χ3v) is 3.43. The molecule has 0 aromatic heterocycles. The Hall–Kier alpha value is -1.41. The molecule has 0 bridgehead atoms. The minimum absolute atomic E-state index is 0. The average Bonchev–Trinajstić information content (AvgIpc) is 3.04. The first-order chi connectivity index (χ1) is 11.2. The number of rotatable bonds is 9. The molecule has 0 radical (unpaired) electrons. The zero-order valence-corrected chi connectivity index (χ0v) is 14.5. The summed E-state index contributed by atoms with van der Waals surface area (Å²) in [5.74, 6) is -0.266. The number of anilines is 1. The lowest BCUT2D eigenvalue weighted by Crippen LogP contribution is -2.30. The molecule has 0 spiro atoms. The Morgan fingerprint density at radius 2 is 2.29 bits per heavy atom. The molecule has 0 aliphatic carbocycles. The van der Waals surface area contributed by atoms with Crippen molar-refractivity contribution in [1.29, 1.82) is 0 Å². The molecule has 1 fully saturated rings. The van der Waals surface area contributed by atoms with Gasteiger partial charge in [-0.2, -0.15) is 0 Å². The number of ether oxygens (including phenoxy) is 3. The maximum atomic E-state index is 13.4. The maximum Gasteiger partial charge on any atom is 0.238 e. The van der Waals surface area contributed by atoms with E-state index < -0.39 is 5.82 Å². The average molecular weight is 363 g/mol. The van der Waals surface area contributed by atoms with Crippen LogP contribution in [0, 0.1) is 5.82 Å². The maximum absolute atomic E-state index is 13.4. The Kier molecular flexibility index (Phi) is 9.63. The summed E-state index contributed by atoms with van der Waals surface area (Å²) in [6.45, 7) is 2.33. The summed E-state index contributed by atoms with van der Waals surface area (Å²) >= 11 is 0. The van der Waals surface area contributed by atoms with E-state index in [4.69, 9.17) is 14.2 Å². The third-order valence-electron chi connectivity index (χ3n) is 3.43. The van der Waals surface area contributed by atoms with Gasteiger partial charge >= 0.3 is 0 Å². The largest absolute Gasteiger partial charge is 0.489 e. The molecule has 1 amide bonds. The lowest BCUT2D eigenvalue weighted by atomic mass is 10.2. The summed E-state index contributed by atoms with van der Waals surface area (Å²) in [4.78, 5) is 11.9.